The molecule has 0 aliphatic rings. The third kappa shape index (κ3) is 4.07. The Morgan fingerprint density at radius 3 is 2.52 bits per heavy atom. The van der Waals surface area contributed by atoms with Crippen LogP contribution in [0.2, 0.25) is 0 Å². The van der Waals surface area contributed by atoms with Gasteiger partial charge in [-0.1, -0.05) is 25.2 Å². The van der Waals surface area contributed by atoms with Crippen LogP contribution in [0.5, 0.6) is 11.5 Å². The average Bonchev–Trinajstić information content (AvgIpc) is 2.50. The Kier molecular flexibility index (Phi) is 6.42. The molecule has 1 aromatic rings. The van der Waals surface area contributed by atoms with E-state index < -0.39 is 0 Å². The molecule has 1 amide bonds. The molecule has 2 N–H and O–H groups in total. The predicted octanol–water partition coefficient (Wildman–Crippen LogP) is 2.09. The number of para-hydroxylation sites is 1. The van der Waals surface area contributed by atoms with Gasteiger partial charge < -0.3 is 20.1 Å². The molecule has 0 aliphatic heterocycles. The second-order valence-electron chi connectivity index (χ2n) is 4.69. The minimum atomic E-state index is -0.128. The van der Waals surface area contributed by atoms with Gasteiger partial charge in [-0.05, 0) is 19.1 Å². The van der Waals surface area contributed by atoms with Gasteiger partial charge in [-0.2, -0.15) is 0 Å². The van der Waals surface area contributed by atoms with Gasteiger partial charge in [0.15, 0.2) is 11.5 Å². The molecule has 0 fully saturated rings. The zero-order chi connectivity index (χ0) is 16.0. The zero-order valence-electron chi connectivity index (χ0n) is 12.9. The van der Waals surface area contributed by atoms with E-state index in [4.69, 9.17) is 27.4 Å². The fourth-order valence-electron chi connectivity index (χ4n) is 2.00. The smallest absolute Gasteiger partial charge is 0.257 e. The number of thiocarbonyl (C=S) groups is 1. The van der Waals surface area contributed by atoms with Crippen molar-refractivity contribution < 1.29 is 14.3 Å². The molecule has 0 saturated heterocycles. The van der Waals surface area contributed by atoms with E-state index in [1.54, 1.807) is 30.2 Å². The van der Waals surface area contributed by atoms with Crippen molar-refractivity contribution in [3.05, 3.63) is 23.8 Å². The minimum absolute atomic E-state index is 0.0412. The van der Waals surface area contributed by atoms with Crippen molar-refractivity contribution in [3.63, 3.8) is 0 Å². The first-order valence-electron chi connectivity index (χ1n) is 6.75. The molecule has 0 bridgehead atoms. The number of ether oxygens (including phenoxy) is 2. The van der Waals surface area contributed by atoms with Gasteiger partial charge in [0.1, 0.15) is 0 Å². The molecule has 5 nitrogen and oxygen atoms in total. The number of nitrogens with two attached hydrogens (primary N) is 1. The van der Waals surface area contributed by atoms with Crippen molar-refractivity contribution >= 4 is 23.1 Å². The lowest BCUT2D eigenvalue weighted by atomic mass is 10.1. The van der Waals surface area contributed by atoms with Gasteiger partial charge in [-0.3, -0.25) is 4.79 Å². The van der Waals surface area contributed by atoms with Crippen molar-refractivity contribution in [3.8, 4) is 11.5 Å². The van der Waals surface area contributed by atoms with E-state index in [1.165, 1.54) is 7.11 Å². The Balaban J connectivity index is 3.08. The van der Waals surface area contributed by atoms with Crippen LogP contribution in [0, 0.1) is 5.92 Å². The Hall–Kier alpha value is -1.82. The summed E-state index contributed by atoms with van der Waals surface area (Å²) in [6.45, 7) is 4.86. The van der Waals surface area contributed by atoms with Crippen LogP contribution in [0.3, 0.4) is 0 Å². The van der Waals surface area contributed by atoms with Crippen molar-refractivity contribution in [1.82, 2.24) is 4.90 Å². The molecule has 21 heavy (non-hydrogen) atoms. The van der Waals surface area contributed by atoms with Crippen LogP contribution >= 0.6 is 12.2 Å². The number of carbonyl (C=O) groups is 1. The van der Waals surface area contributed by atoms with Crippen LogP contribution in [-0.4, -0.2) is 43.1 Å². The maximum Gasteiger partial charge on any atom is 0.257 e. The van der Waals surface area contributed by atoms with E-state index in [1.807, 2.05) is 13.8 Å². The highest BCUT2D eigenvalue weighted by atomic mass is 32.1. The number of hydrogen-bond donors (Lipinski definition) is 1. The summed E-state index contributed by atoms with van der Waals surface area (Å²) in [6, 6.07) is 5.24. The van der Waals surface area contributed by atoms with Crippen LogP contribution < -0.4 is 15.2 Å². The van der Waals surface area contributed by atoms with Gasteiger partial charge in [0, 0.05) is 19.0 Å². The molecule has 1 atom stereocenters. The average molecular weight is 310 g/mol. The highest BCUT2D eigenvalue weighted by Gasteiger charge is 2.22. The van der Waals surface area contributed by atoms with Gasteiger partial charge in [-0.15, -0.1) is 0 Å². The van der Waals surface area contributed by atoms with E-state index >= 15 is 0 Å². The van der Waals surface area contributed by atoms with Crippen molar-refractivity contribution in [2.24, 2.45) is 11.7 Å². The maximum atomic E-state index is 12.7. The third-order valence-corrected chi connectivity index (χ3v) is 3.68. The molecule has 6 heteroatoms. The van der Waals surface area contributed by atoms with E-state index in [0.29, 0.717) is 35.1 Å². The standard InChI is InChI=1S/C15H22N2O3S/c1-5-17(9-10(2)14(16)21)15(18)11-7-6-8-12(19-3)13(11)20-4/h6-8,10H,5,9H2,1-4H3,(H2,16,21). The molecule has 0 heterocycles. The lowest BCUT2D eigenvalue weighted by molar-refractivity contribution is 0.0751. The zero-order valence-corrected chi connectivity index (χ0v) is 13.7. The van der Waals surface area contributed by atoms with Crippen molar-refractivity contribution in [2.75, 3.05) is 27.3 Å². The highest BCUT2D eigenvalue weighted by Crippen LogP contribution is 2.31. The molecule has 0 spiro atoms. The molecule has 1 unspecified atom stereocenters. The Labute approximate surface area is 131 Å². The molecule has 0 aliphatic carbocycles. The summed E-state index contributed by atoms with van der Waals surface area (Å²) < 4.78 is 10.5. The van der Waals surface area contributed by atoms with Crippen LogP contribution in [0.25, 0.3) is 0 Å². The highest BCUT2D eigenvalue weighted by molar-refractivity contribution is 7.80. The predicted molar refractivity (Wildman–Crippen MR) is 87.1 cm³/mol. The fraction of sp³-hybridized carbons (Fsp3) is 0.467. The molecule has 116 valence electrons. The van der Waals surface area contributed by atoms with Gasteiger partial charge in [0.05, 0.1) is 24.8 Å². The summed E-state index contributed by atoms with van der Waals surface area (Å²) in [4.78, 5) is 14.8. The first-order valence-corrected chi connectivity index (χ1v) is 7.16. The Bertz CT molecular complexity index is 520. The SMILES string of the molecule is CCN(CC(C)C(N)=S)C(=O)c1cccc(OC)c1OC. The number of methoxy groups -OCH3 is 2. The monoisotopic (exact) mass is 310 g/mol. The summed E-state index contributed by atoms with van der Waals surface area (Å²) in [7, 11) is 3.06. The number of carbonyl (C=O) groups excluding carboxylic acids is 1. The van der Waals surface area contributed by atoms with E-state index in [9.17, 15) is 4.79 Å². The maximum absolute atomic E-state index is 12.7. The van der Waals surface area contributed by atoms with Crippen LogP contribution in [0.15, 0.2) is 18.2 Å². The molecule has 0 saturated carbocycles. The van der Waals surface area contributed by atoms with Crippen molar-refractivity contribution in [2.45, 2.75) is 13.8 Å². The van der Waals surface area contributed by atoms with Gasteiger partial charge >= 0.3 is 0 Å². The Morgan fingerprint density at radius 2 is 2.05 bits per heavy atom. The second-order valence-corrected chi connectivity index (χ2v) is 5.16. The van der Waals surface area contributed by atoms with Gasteiger partial charge in [-0.25, -0.2) is 0 Å². The first-order chi connectivity index (χ1) is 9.96. The third-order valence-electron chi connectivity index (χ3n) is 3.28. The van der Waals surface area contributed by atoms with Gasteiger partial charge in [0.2, 0.25) is 0 Å². The minimum Gasteiger partial charge on any atom is -0.493 e. The summed E-state index contributed by atoms with van der Waals surface area (Å²) >= 11 is 4.97. The van der Waals surface area contributed by atoms with Crippen LogP contribution in [0.4, 0.5) is 0 Å². The summed E-state index contributed by atoms with van der Waals surface area (Å²) in [5.41, 5.74) is 6.09. The number of amides is 1. The molecule has 1 rings (SSSR count). The summed E-state index contributed by atoms with van der Waals surface area (Å²) in [6.07, 6.45) is 0. The lowest BCUT2D eigenvalue weighted by Gasteiger charge is -2.25. The second kappa shape index (κ2) is 7.83. The van der Waals surface area contributed by atoms with E-state index in [-0.39, 0.29) is 11.8 Å². The number of nitrogens with zero attached hydrogens (tertiary/aromatic N) is 1. The molecular weight excluding hydrogens is 288 g/mol. The molecule has 1 aromatic carbocycles. The molecule has 0 radical (unpaired) electrons. The Morgan fingerprint density at radius 1 is 1.38 bits per heavy atom. The number of benzene rings is 1. The summed E-state index contributed by atoms with van der Waals surface area (Å²) in [5.74, 6) is 0.796. The molecular formula is C15H22N2O3S. The molecule has 0 aromatic heterocycles. The van der Waals surface area contributed by atoms with E-state index in [2.05, 4.69) is 0 Å². The quantitative estimate of drug-likeness (QED) is 0.781. The van der Waals surface area contributed by atoms with Crippen LogP contribution in [-0.2, 0) is 0 Å². The normalized spacial score (nSPS) is 11.6. The number of hydrogen-bond acceptors (Lipinski definition) is 4. The fourth-order valence-corrected chi connectivity index (χ4v) is 2.08. The lowest BCUT2D eigenvalue weighted by Crippen LogP contribution is -2.38. The summed E-state index contributed by atoms with van der Waals surface area (Å²) in [5, 5.41) is 0. The largest absolute Gasteiger partial charge is 0.493 e. The van der Waals surface area contributed by atoms with Crippen molar-refractivity contribution in [1.29, 1.82) is 0 Å². The van der Waals surface area contributed by atoms with Crippen LogP contribution in [0.1, 0.15) is 24.2 Å². The first kappa shape index (κ1) is 17.2. The topological polar surface area (TPSA) is 64.8 Å². The van der Waals surface area contributed by atoms with E-state index in [0.717, 1.165) is 0 Å². The van der Waals surface area contributed by atoms with Gasteiger partial charge in [0.25, 0.3) is 5.91 Å². The number of rotatable bonds is 7.